The number of aromatic amines is 1. The highest BCUT2D eigenvalue weighted by atomic mass is 16.4. The van der Waals surface area contributed by atoms with E-state index in [4.69, 9.17) is 0 Å². The molecule has 0 bridgehead atoms. The maximum Gasteiger partial charge on any atom is 0.335 e. The molecule has 8 heteroatoms. The number of hydrogen-bond acceptors (Lipinski definition) is 5. The number of rotatable bonds is 4. The molecule has 0 saturated carbocycles. The maximum absolute atomic E-state index is 12.7. The Morgan fingerprint density at radius 2 is 2.14 bits per heavy atom. The monoisotopic (exact) mass is 384 g/mol. The first-order valence-corrected chi connectivity index (χ1v) is 9.59. The molecule has 0 radical (unpaired) electrons. The highest BCUT2D eigenvalue weighted by Crippen LogP contribution is 2.24. The number of benzene rings is 1. The number of hydrogen-bond donors (Lipinski definition) is 3. The third-order valence-corrected chi connectivity index (χ3v) is 5.41. The van der Waals surface area contributed by atoms with E-state index in [1.807, 2.05) is 15.9 Å². The third kappa shape index (κ3) is 3.93. The number of β-amino-alcohol motifs (C(OH)–C–C–N with tert-alkyl or cyclic N) is 1. The van der Waals surface area contributed by atoms with Gasteiger partial charge in [-0.05, 0) is 31.5 Å². The number of aliphatic hydroxyl groups excluding tert-OH is 1. The smallest absolute Gasteiger partial charge is 0.335 e. The summed E-state index contributed by atoms with van der Waals surface area (Å²) in [7, 11) is 0. The van der Waals surface area contributed by atoms with Crippen molar-refractivity contribution in [2.75, 3.05) is 26.2 Å². The minimum atomic E-state index is -0.974. The zero-order chi connectivity index (χ0) is 19.7. The number of carboxylic acid groups (broad SMARTS) is 1. The predicted octanol–water partition coefficient (Wildman–Crippen LogP) is 1.12. The first-order chi connectivity index (χ1) is 13.5. The fraction of sp³-hybridized carbons (Fsp3) is 0.450. The van der Waals surface area contributed by atoms with Crippen molar-refractivity contribution in [2.45, 2.75) is 31.9 Å². The highest BCUT2D eigenvalue weighted by molar-refractivity contribution is 5.89. The number of carboxylic acids is 1. The molecule has 2 aromatic rings. The minimum Gasteiger partial charge on any atom is -0.478 e. The van der Waals surface area contributed by atoms with Crippen LogP contribution in [0.15, 0.2) is 24.3 Å². The molecule has 2 aliphatic heterocycles. The number of aromatic carboxylic acids is 1. The van der Waals surface area contributed by atoms with E-state index in [1.165, 1.54) is 0 Å². The first-order valence-electron chi connectivity index (χ1n) is 9.59. The van der Waals surface area contributed by atoms with Crippen LogP contribution < -0.4 is 0 Å². The second-order valence-electron chi connectivity index (χ2n) is 7.49. The van der Waals surface area contributed by atoms with Gasteiger partial charge in [-0.1, -0.05) is 12.1 Å². The second-order valence-corrected chi connectivity index (χ2v) is 7.49. The van der Waals surface area contributed by atoms with Gasteiger partial charge in [0.1, 0.15) is 5.82 Å². The fourth-order valence-corrected chi connectivity index (χ4v) is 3.91. The van der Waals surface area contributed by atoms with E-state index in [0.29, 0.717) is 38.4 Å². The van der Waals surface area contributed by atoms with Crippen molar-refractivity contribution in [1.82, 2.24) is 19.8 Å². The average molecular weight is 384 g/mol. The van der Waals surface area contributed by atoms with E-state index in [-0.39, 0.29) is 17.6 Å². The van der Waals surface area contributed by atoms with Gasteiger partial charge in [0.2, 0.25) is 5.91 Å². The molecule has 8 nitrogen and oxygen atoms in total. The molecular formula is C20H24N4O4. The molecule has 1 amide bonds. The van der Waals surface area contributed by atoms with Crippen LogP contribution in [0, 0.1) is 0 Å². The summed E-state index contributed by atoms with van der Waals surface area (Å²) >= 11 is 0. The molecule has 3 N–H and O–H groups in total. The molecule has 1 atom stereocenters. The number of carbonyl (C=O) groups is 2. The minimum absolute atomic E-state index is 0.0591. The first kappa shape index (κ1) is 18.6. The summed E-state index contributed by atoms with van der Waals surface area (Å²) in [6.07, 6.45) is 2.04. The summed E-state index contributed by atoms with van der Waals surface area (Å²) in [6, 6.07) is 6.66. The zero-order valence-corrected chi connectivity index (χ0v) is 15.6. The lowest BCUT2D eigenvalue weighted by atomic mass is 10.1. The van der Waals surface area contributed by atoms with Crippen LogP contribution in [0.1, 0.15) is 34.6 Å². The van der Waals surface area contributed by atoms with Gasteiger partial charge in [-0.3, -0.25) is 9.69 Å². The lowest BCUT2D eigenvalue weighted by Crippen LogP contribution is -2.46. The van der Waals surface area contributed by atoms with Crippen LogP contribution in [0.5, 0.6) is 0 Å². The van der Waals surface area contributed by atoms with Crippen molar-refractivity contribution < 1.29 is 19.8 Å². The quantitative estimate of drug-likeness (QED) is 0.729. The molecule has 1 fully saturated rings. The van der Waals surface area contributed by atoms with Crippen LogP contribution in [0.4, 0.5) is 0 Å². The van der Waals surface area contributed by atoms with E-state index < -0.39 is 5.97 Å². The van der Waals surface area contributed by atoms with Gasteiger partial charge in [-0.15, -0.1) is 0 Å². The number of nitrogens with one attached hydrogen (secondary N) is 1. The highest BCUT2D eigenvalue weighted by Gasteiger charge is 2.27. The number of amides is 1. The molecule has 1 saturated heterocycles. The SMILES string of the molecule is O=C(O)c1cccc(-c2nc3c([nH]2)CN(C(=O)CN2CCC[C@H](O)C2)CC3)c1. The van der Waals surface area contributed by atoms with Gasteiger partial charge in [-0.25, -0.2) is 9.78 Å². The van der Waals surface area contributed by atoms with Gasteiger partial charge in [0.25, 0.3) is 0 Å². The van der Waals surface area contributed by atoms with Crippen LogP contribution in [0.2, 0.25) is 0 Å². The predicted molar refractivity (Wildman–Crippen MR) is 102 cm³/mol. The molecule has 4 rings (SSSR count). The number of H-pyrrole nitrogens is 1. The molecule has 0 unspecified atom stereocenters. The van der Waals surface area contributed by atoms with Gasteiger partial charge >= 0.3 is 5.97 Å². The van der Waals surface area contributed by atoms with Crippen LogP contribution in [-0.4, -0.2) is 74.1 Å². The normalized spacial score (nSPS) is 20.0. The largest absolute Gasteiger partial charge is 0.478 e. The van der Waals surface area contributed by atoms with Gasteiger partial charge in [0, 0.05) is 25.1 Å². The molecule has 28 heavy (non-hydrogen) atoms. The van der Waals surface area contributed by atoms with Gasteiger partial charge in [-0.2, -0.15) is 0 Å². The number of likely N-dealkylation sites (tertiary alicyclic amines) is 1. The summed E-state index contributed by atoms with van der Waals surface area (Å²) in [5.41, 5.74) is 2.75. The molecule has 0 spiro atoms. The van der Waals surface area contributed by atoms with Crippen molar-refractivity contribution in [1.29, 1.82) is 0 Å². The van der Waals surface area contributed by atoms with E-state index >= 15 is 0 Å². The number of carbonyl (C=O) groups excluding carboxylic acids is 1. The lowest BCUT2D eigenvalue weighted by Gasteiger charge is -2.32. The molecule has 148 valence electrons. The Labute approximate surface area is 162 Å². The Balaban J connectivity index is 1.45. The topological polar surface area (TPSA) is 110 Å². The van der Waals surface area contributed by atoms with Crippen molar-refractivity contribution >= 4 is 11.9 Å². The molecule has 1 aromatic heterocycles. The summed E-state index contributed by atoms with van der Waals surface area (Å²) < 4.78 is 0. The van der Waals surface area contributed by atoms with E-state index in [9.17, 15) is 19.8 Å². The van der Waals surface area contributed by atoms with Crippen LogP contribution in [0.25, 0.3) is 11.4 Å². The Morgan fingerprint density at radius 1 is 1.29 bits per heavy atom. The molecule has 1 aromatic carbocycles. The second kappa shape index (κ2) is 7.73. The zero-order valence-electron chi connectivity index (χ0n) is 15.6. The summed E-state index contributed by atoms with van der Waals surface area (Å²) in [6.45, 7) is 2.81. The molecule has 0 aliphatic carbocycles. The number of aromatic nitrogens is 2. The van der Waals surface area contributed by atoms with Crippen LogP contribution in [0.3, 0.4) is 0 Å². The number of piperidine rings is 1. The van der Waals surface area contributed by atoms with E-state index in [2.05, 4.69) is 9.97 Å². The number of fused-ring (bicyclic) bond motifs is 1. The molecular weight excluding hydrogens is 360 g/mol. The Hall–Kier alpha value is -2.71. The Kier molecular flexibility index (Phi) is 5.15. The van der Waals surface area contributed by atoms with E-state index in [1.54, 1.807) is 18.2 Å². The number of nitrogens with zero attached hydrogens (tertiary/aromatic N) is 3. The average Bonchev–Trinajstić information content (AvgIpc) is 3.11. The number of aliphatic hydroxyl groups is 1. The molecule has 2 aliphatic rings. The Bertz CT molecular complexity index is 894. The summed E-state index contributed by atoms with van der Waals surface area (Å²) in [5.74, 6) is -0.289. The van der Waals surface area contributed by atoms with Crippen molar-refractivity contribution in [2.24, 2.45) is 0 Å². The number of imidazole rings is 1. The lowest BCUT2D eigenvalue weighted by molar-refractivity contribution is -0.134. The summed E-state index contributed by atoms with van der Waals surface area (Å²) in [5, 5.41) is 19.0. The standard InChI is InChI=1S/C20H24N4O4/c25-15-5-2-7-23(10-15)12-18(26)24-8-6-16-17(11-24)22-19(21-16)13-3-1-4-14(9-13)20(27)28/h1,3-4,9,15,25H,2,5-8,10-12H2,(H,21,22)(H,27,28)/t15-/m0/s1. The maximum atomic E-state index is 12.7. The van der Waals surface area contributed by atoms with Crippen LogP contribution >= 0.6 is 0 Å². The van der Waals surface area contributed by atoms with Gasteiger partial charge < -0.3 is 20.1 Å². The van der Waals surface area contributed by atoms with Crippen molar-refractivity contribution in [3.8, 4) is 11.4 Å². The van der Waals surface area contributed by atoms with Crippen molar-refractivity contribution in [3.63, 3.8) is 0 Å². The third-order valence-electron chi connectivity index (χ3n) is 5.41. The van der Waals surface area contributed by atoms with Crippen molar-refractivity contribution in [3.05, 3.63) is 41.2 Å². The van der Waals surface area contributed by atoms with Gasteiger partial charge in [0.05, 0.1) is 36.1 Å². The summed E-state index contributed by atoms with van der Waals surface area (Å²) in [4.78, 5) is 35.6. The van der Waals surface area contributed by atoms with Crippen LogP contribution in [-0.2, 0) is 17.8 Å². The fourth-order valence-electron chi connectivity index (χ4n) is 3.91. The van der Waals surface area contributed by atoms with Gasteiger partial charge in [0.15, 0.2) is 0 Å². The Morgan fingerprint density at radius 3 is 2.93 bits per heavy atom. The molecule has 3 heterocycles. The van der Waals surface area contributed by atoms with E-state index in [0.717, 1.165) is 36.3 Å².